The van der Waals surface area contributed by atoms with Crippen molar-refractivity contribution in [2.75, 3.05) is 19.8 Å². The highest BCUT2D eigenvalue weighted by molar-refractivity contribution is 5.31. The molecule has 3 unspecified atom stereocenters. The summed E-state index contributed by atoms with van der Waals surface area (Å²) in [5, 5.41) is 3.71. The van der Waals surface area contributed by atoms with E-state index >= 15 is 0 Å². The molecule has 2 aliphatic heterocycles. The molecule has 3 heteroatoms. The smallest absolute Gasteiger partial charge is 0.0721 e. The molecule has 2 heterocycles. The predicted molar refractivity (Wildman–Crippen MR) is 70.4 cm³/mol. The molecule has 18 heavy (non-hydrogen) atoms. The summed E-state index contributed by atoms with van der Waals surface area (Å²) in [5.74, 6) is 0.638. The molecule has 0 spiro atoms. The molecule has 0 aliphatic carbocycles. The lowest BCUT2D eigenvalue weighted by molar-refractivity contribution is 0.0753. The number of rotatable bonds is 3. The molecule has 0 radical (unpaired) electrons. The van der Waals surface area contributed by atoms with Crippen molar-refractivity contribution in [3.8, 4) is 0 Å². The second-order valence-electron chi connectivity index (χ2n) is 5.35. The van der Waals surface area contributed by atoms with E-state index in [1.165, 1.54) is 17.5 Å². The molecular formula is C15H21NO2. The van der Waals surface area contributed by atoms with E-state index in [4.69, 9.17) is 9.47 Å². The summed E-state index contributed by atoms with van der Waals surface area (Å²) in [6.07, 6.45) is 1.17. The first-order valence-electron chi connectivity index (χ1n) is 6.84. The fourth-order valence-corrected chi connectivity index (χ4v) is 2.92. The van der Waals surface area contributed by atoms with Gasteiger partial charge in [-0.25, -0.2) is 0 Å². The van der Waals surface area contributed by atoms with Gasteiger partial charge in [-0.1, -0.05) is 24.3 Å². The minimum absolute atomic E-state index is 0.325. The Morgan fingerprint density at radius 3 is 2.94 bits per heavy atom. The van der Waals surface area contributed by atoms with Crippen LogP contribution in [0, 0.1) is 5.92 Å². The zero-order valence-corrected chi connectivity index (χ0v) is 10.9. The molecule has 98 valence electrons. The molecule has 3 nitrogen and oxygen atoms in total. The van der Waals surface area contributed by atoms with Crippen molar-refractivity contribution in [2.24, 2.45) is 5.92 Å². The normalized spacial score (nSPS) is 28.9. The molecule has 1 saturated heterocycles. The Bertz CT molecular complexity index is 401. The summed E-state index contributed by atoms with van der Waals surface area (Å²) < 4.78 is 11.1. The molecule has 0 amide bonds. The maximum absolute atomic E-state index is 5.68. The maximum atomic E-state index is 5.68. The number of hydrogen-bond acceptors (Lipinski definition) is 3. The first kappa shape index (κ1) is 12.2. The molecule has 1 aromatic rings. The van der Waals surface area contributed by atoms with E-state index in [0.717, 1.165) is 26.4 Å². The van der Waals surface area contributed by atoms with Crippen molar-refractivity contribution < 1.29 is 9.47 Å². The monoisotopic (exact) mass is 247 g/mol. The van der Waals surface area contributed by atoms with Crippen LogP contribution in [0.4, 0.5) is 0 Å². The minimum Gasteiger partial charge on any atom is -0.381 e. The van der Waals surface area contributed by atoms with Crippen LogP contribution in [0.15, 0.2) is 24.3 Å². The highest BCUT2D eigenvalue weighted by Crippen LogP contribution is 2.26. The summed E-state index contributed by atoms with van der Waals surface area (Å²) in [7, 11) is 0. The van der Waals surface area contributed by atoms with Gasteiger partial charge in [-0.15, -0.1) is 0 Å². The Hall–Kier alpha value is -0.900. The van der Waals surface area contributed by atoms with Gasteiger partial charge >= 0.3 is 0 Å². The summed E-state index contributed by atoms with van der Waals surface area (Å²) >= 11 is 0. The highest BCUT2D eigenvalue weighted by Gasteiger charge is 2.27. The summed E-state index contributed by atoms with van der Waals surface area (Å²) in [6.45, 7) is 5.58. The summed E-state index contributed by atoms with van der Waals surface area (Å²) in [6, 6.07) is 9.37. The molecular weight excluding hydrogens is 226 g/mol. The van der Waals surface area contributed by atoms with Crippen molar-refractivity contribution in [1.82, 2.24) is 5.32 Å². The molecule has 0 bridgehead atoms. The zero-order chi connectivity index (χ0) is 12.4. The Morgan fingerprint density at radius 1 is 1.22 bits per heavy atom. The summed E-state index contributed by atoms with van der Waals surface area (Å²) in [4.78, 5) is 0. The Kier molecular flexibility index (Phi) is 3.64. The molecule has 0 aromatic heterocycles. The third-order valence-electron chi connectivity index (χ3n) is 4.11. The van der Waals surface area contributed by atoms with Gasteiger partial charge in [-0.05, 0) is 30.4 Å². The standard InChI is InChI=1S/C15H21NO2/c1-11(12-6-7-17-8-12)16-15-10-18-9-13-4-2-3-5-14(13)15/h2-5,11-12,15-16H,6-10H2,1H3. The quantitative estimate of drug-likeness (QED) is 0.889. The van der Waals surface area contributed by atoms with Crippen LogP contribution in [-0.4, -0.2) is 25.9 Å². The van der Waals surface area contributed by atoms with E-state index in [1.807, 2.05) is 0 Å². The number of nitrogens with one attached hydrogen (secondary N) is 1. The second kappa shape index (κ2) is 5.39. The van der Waals surface area contributed by atoms with Crippen LogP contribution in [0.5, 0.6) is 0 Å². The molecule has 1 fully saturated rings. The third-order valence-corrected chi connectivity index (χ3v) is 4.11. The Balaban J connectivity index is 1.70. The van der Waals surface area contributed by atoms with Crippen LogP contribution in [0.25, 0.3) is 0 Å². The third kappa shape index (κ3) is 2.44. The van der Waals surface area contributed by atoms with Gasteiger partial charge in [0.2, 0.25) is 0 Å². The lowest BCUT2D eigenvalue weighted by Gasteiger charge is -2.31. The van der Waals surface area contributed by atoms with Gasteiger partial charge in [0.1, 0.15) is 0 Å². The van der Waals surface area contributed by atoms with Crippen molar-refractivity contribution in [1.29, 1.82) is 0 Å². The number of ether oxygens (including phenoxy) is 2. The molecule has 2 aliphatic rings. The molecule has 0 saturated carbocycles. The first-order chi connectivity index (χ1) is 8.84. The SMILES string of the molecule is CC(NC1COCc2ccccc21)C1CCOC1. The van der Waals surface area contributed by atoms with E-state index in [1.54, 1.807) is 0 Å². The van der Waals surface area contributed by atoms with Gasteiger partial charge in [-0.2, -0.15) is 0 Å². The van der Waals surface area contributed by atoms with Crippen molar-refractivity contribution in [2.45, 2.75) is 32.0 Å². The molecule has 1 aromatic carbocycles. The Labute approximate surface area is 108 Å². The largest absolute Gasteiger partial charge is 0.381 e. The summed E-state index contributed by atoms with van der Waals surface area (Å²) in [5.41, 5.74) is 2.71. The fourth-order valence-electron chi connectivity index (χ4n) is 2.92. The van der Waals surface area contributed by atoms with Crippen LogP contribution in [0.1, 0.15) is 30.5 Å². The lowest BCUT2D eigenvalue weighted by Crippen LogP contribution is -2.40. The van der Waals surface area contributed by atoms with E-state index in [0.29, 0.717) is 18.0 Å². The van der Waals surface area contributed by atoms with E-state index in [2.05, 4.69) is 36.5 Å². The van der Waals surface area contributed by atoms with Crippen molar-refractivity contribution in [3.63, 3.8) is 0 Å². The van der Waals surface area contributed by atoms with E-state index in [9.17, 15) is 0 Å². The maximum Gasteiger partial charge on any atom is 0.0721 e. The number of benzene rings is 1. The van der Waals surface area contributed by atoms with Gasteiger partial charge in [0, 0.05) is 12.6 Å². The second-order valence-corrected chi connectivity index (χ2v) is 5.35. The molecule has 3 atom stereocenters. The van der Waals surface area contributed by atoms with Gasteiger partial charge in [0.15, 0.2) is 0 Å². The number of fused-ring (bicyclic) bond motifs is 1. The van der Waals surface area contributed by atoms with Crippen molar-refractivity contribution in [3.05, 3.63) is 35.4 Å². The van der Waals surface area contributed by atoms with Crippen molar-refractivity contribution >= 4 is 0 Å². The fraction of sp³-hybridized carbons (Fsp3) is 0.600. The Morgan fingerprint density at radius 2 is 2.11 bits per heavy atom. The first-order valence-corrected chi connectivity index (χ1v) is 6.84. The lowest BCUT2D eigenvalue weighted by atomic mass is 9.95. The zero-order valence-electron chi connectivity index (χ0n) is 10.9. The average molecular weight is 247 g/mol. The molecule has 3 rings (SSSR count). The van der Waals surface area contributed by atoms with Crippen LogP contribution in [0.2, 0.25) is 0 Å². The van der Waals surface area contributed by atoms with E-state index in [-0.39, 0.29) is 0 Å². The number of hydrogen-bond donors (Lipinski definition) is 1. The van der Waals surface area contributed by atoms with Crippen LogP contribution >= 0.6 is 0 Å². The van der Waals surface area contributed by atoms with E-state index < -0.39 is 0 Å². The van der Waals surface area contributed by atoms with Gasteiger partial charge in [0.25, 0.3) is 0 Å². The highest BCUT2D eigenvalue weighted by atomic mass is 16.5. The molecule has 1 N–H and O–H groups in total. The predicted octanol–water partition coefficient (Wildman–Crippen LogP) is 2.27. The van der Waals surface area contributed by atoms with Crippen LogP contribution in [-0.2, 0) is 16.1 Å². The minimum atomic E-state index is 0.325. The van der Waals surface area contributed by atoms with Crippen LogP contribution < -0.4 is 5.32 Å². The van der Waals surface area contributed by atoms with Gasteiger partial charge < -0.3 is 14.8 Å². The average Bonchev–Trinajstić information content (AvgIpc) is 2.93. The van der Waals surface area contributed by atoms with Gasteiger partial charge in [0.05, 0.1) is 25.9 Å². The van der Waals surface area contributed by atoms with Gasteiger partial charge in [-0.3, -0.25) is 0 Å². The van der Waals surface area contributed by atoms with Crippen LogP contribution in [0.3, 0.4) is 0 Å². The topological polar surface area (TPSA) is 30.5 Å².